The number of ether oxygens (including phenoxy) is 1. The van der Waals surface area contributed by atoms with Crippen LogP contribution in [0.25, 0.3) is 6.08 Å². The number of carbonyl (C=O) groups excluding carboxylic acids is 1. The highest BCUT2D eigenvalue weighted by Gasteiger charge is 2.10. The summed E-state index contributed by atoms with van der Waals surface area (Å²) in [5, 5.41) is 11.1. The second-order valence-electron chi connectivity index (χ2n) is 5.63. The molecule has 0 radical (unpaired) electrons. The van der Waals surface area contributed by atoms with Crippen LogP contribution in [0.5, 0.6) is 11.5 Å². The second kappa shape index (κ2) is 8.75. The van der Waals surface area contributed by atoms with Gasteiger partial charge in [-0.1, -0.05) is 28.8 Å². The van der Waals surface area contributed by atoms with Gasteiger partial charge in [-0.15, -0.1) is 0 Å². The van der Waals surface area contributed by atoms with Gasteiger partial charge < -0.3 is 9.84 Å². The largest absolute Gasteiger partial charge is 0.507 e. The van der Waals surface area contributed by atoms with Gasteiger partial charge >= 0.3 is 0 Å². The Hall–Kier alpha value is -2.23. The minimum absolute atomic E-state index is 0.137. The molecule has 2 aromatic rings. The van der Waals surface area contributed by atoms with Crippen LogP contribution in [0.1, 0.15) is 29.8 Å². The zero-order valence-electron chi connectivity index (χ0n) is 13.9. The Morgan fingerprint density at radius 1 is 1.16 bits per heavy atom. The number of phenols is 1. The van der Waals surface area contributed by atoms with E-state index in [0.717, 1.165) is 5.57 Å². The Labute approximate surface area is 157 Å². The van der Waals surface area contributed by atoms with E-state index in [1.807, 2.05) is 19.9 Å². The lowest BCUT2D eigenvalue weighted by Gasteiger charge is -2.06. The molecule has 0 spiro atoms. The molecule has 25 heavy (non-hydrogen) atoms. The van der Waals surface area contributed by atoms with E-state index in [-0.39, 0.29) is 17.1 Å². The van der Waals surface area contributed by atoms with E-state index in [2.05, 4.69) is 0 Å². The molecule has 0 heterocycles. The van der Waals surface area contributed by atoms with Gasteiger partial charge in [0, 0.05) is 16.1 Å². The van der Waals surface area contributed by atoms with Gasteiger partial charge in [0.15, 0.2) is 5.78 Å². The minimum atomic E-state index is -0.343. The number of hydrogen-bond donors (Lipinski definition) is 1. The molecule has 0 fully saturated rings. The predicted molar refractivity (Wildman–Crippen MR) is 103 cm³/mol. The van der Waals surface area contributed by atoms with Crippen molar-refractivity contribution in [2.24, 2.45) is 0 Å². The number of benzene rings is 2. The van der Waals surface area contributed by atoms with Crippen LogP contribution in [0.3, 0.4) is 0 Å². The smallest absolute Gasteiger partial charge is 0.189 e. The summed E-state index contributed by atoms with van der Waals surface area (Å²) in [5.41, 5.74) is 1.95. The number of ketones is 1. The lowest BCUT2D eigenvalue weighted by molar-refractivity contribution is 0.104. The summed E-state index contributed by atoms with van der Waals surface area (Å²) in [6.07, 6.45) is 4.83. The first-order valence-electron chi connectivity index (χ1n) is 7.63. The summed E-state index contributed by atoms with van der Waals surface area (Å²) in [7, 11) is 0. The average molecular weight is 377 g/mol. The normalized spacial score (nSPS) is 10.7. The fourth-order valence-electron chi connectivity index (χ4n) is 2.01. The quantitative estimate of drug-likeness (QED) is 0.385. The van der Waals surface area contributed by atoms with Gasteiger partial charge in [0.2, 0.25) is 0 Å². The molecule has 0 saturated carbocycles. The average Bonchev–Trinajstić information content (AvgIpc) is 2.55. The summed E-state index contributed by atoms with van der Waals surface area (Å²) in [6, 6.07) is 9.58. The number of hydrogen-bond acceptors (Lipinski definition) is 3. The number of halogens is 2. The highest BCUT2D eigenvalue weighted by molar-refractivity contribution is 6.34. The van der Waals surface area contributed by atoms with Gasteiger partial charge in [0.25, 0.3) is 0 Å². The molecule has 0 aromatic heterocycles. The van der Waals surface area contributed by atoms with Crippen LogP contribution in [-0.4, -0.2) is 17.5 Å². The van der Waals surface area contributed by atoms with E-state index >= 15 is 0 Å². The maximum atomic E-state index is 12.3. The number of allylic oxidation sites excluding steroid dienone is 2. The minimum Gasteiger partial charge on any atom is -0.507 e. The van der Waals surface area contributed by atoms with Gasteiger partial charge in [0.1, 0.15) is 18.1 Å². The van der Waals surface area contributed by atoms with E-state index < -0.39 is 0 Å². The van der Waals surface area contributed by atoms with E-state index in [4.69, 9.17) is 27.9 Å². The van der Waals surface area contributed by atoms with Crippen molar-refractivity contribution in [3.63, 3.8) is 0 Å². The Kier molecular flexibility index (Phi) is 6.68. The Morgan fingerprint density at radius 2 is 1.92 bits per heavy atom. The molecule has 0 saturated heterocycles. The molecule has 1 N–H and O–H groups in total. The third-order valence-corrected chi connectivity index (χ3v) is 3.93. The van der Waals surface area contributed by atoms with Gasteiger partial charge in [-0.25, -0.2) is 0 Å². The van der Waals surface area contributed by atoms with Crippen molar-refractivity contribution >= 4 is 35.1 Å². The highest BCUT2D eigenvalue weighted by Crippen LogP contribution is 2.26. The summed E-state index contributed by atoms with van der Waals surface area (Å²) < 4.78 is 5.49. The number of carbonyl (C=O) groups is 1. The maximum Gasteiger partial charge on any atom is 0.189 e. The van der Waals surface area contributed by atoms with Crippen LogP contribution in [-0.2, 0) is 0 Å². The van der Waals surface area contributed by atoms with E-state index in [9.17, 15) is 9.90 Å². The van der Waals surface area contributed by atoms with Gasteiger partial charge in [0.05, 0.1) is 5.56 Å². The third kappa shape index (κ3) is 5.66. The number of rotatable bonds is 6. The number of aromatic hydroxyl groups is 1. The lowest BCUT2D eigenvalue weighted by Crippen LogP contribution is -1.98. The Morgan fingerprint density at radius 3 is 2.60 bits per heavy atom. The zero-order chi connectivity index (χ0) is 18.4. The molecule has 0 aliphatic carbocycles. The van der Waals surface area contributed by atoms with E-state index in [0.29, 0.717) is 28.0 Å². The molecule has 3 nitrogen and oxygen atoms in total. The highest BCUT2D eigenvalue weighted by atomic mass is 35.5. The van der Waals surface area contributed by atoms with E-state index in [1.165, 1.54) is 18.2 Å². The summed E-state index contributed by atoms with van der Waals surface area (Å²) in [5.74, 6) is 0.0133. The van der Waals surface area contributed by atoms with Crippen LogP contribution in [0.4, 0.5) is 0 Å². The summed E-state index contributed by atoms with van der Waals surface area (Å²) in [4.78, 5) is 12.3. The molecule has 0 atom stereocenters. The zero-order valence-corrected chi connectivity index (χ0v) is 15.4. The van der Waals surface area contributed by atoms with Crippen LogP contribution in [0, 0.1) is 0 Å². The van der Waals surface area contributed by atoms with Crippen molar-refractivity contribution in [1.82, 2.24) is 0 Å². The summed E-state index contributed by atoms with van der Waals surface area (Å²) in [6.45, 7) is 4.35. The molecule has 0 unspecified atom stereocenters. The van der Waals surface area contributed by atoms with Gasteiger partial charge in [-0.2, -0.15) is 0 Å². The molecule has 0 bridgehead atoms. The van der Waals surface area contributed by atoms with E-state index in [1.54, 1.807) is 30.3 Å². The molecule has 0 aliphatic rings. The van der Waals surface area contributed by atoms with Crippen molar-refractivity contribution in [2.75, 3.05) is 6.61 Å². The Balaban J connectivity index is 2.12. The van der Waals surface area contributed by atoms with Gasteiger partial charge in [-0.3, -0.25) is 4.79 Å². The topological polar surface area (TPSA) is 46.5 Å². The lowest BCUT2D eigenvalue weighted by atomic mass is 10.1. The first-order chi connectivity index (χ1) is 11.9. The second-order valence-corrected chi connectivity index (χ2v) is 6.48. The fourth-order valence-corrected chi connectivity index (χ4v) is 2.37. The molecule has 2 rings (SSSR count). The first kappa shape index (κ1) is 19.1. The van der Waals surface area contributed by atoms with Crippen LogP contribution >= 0.6 is 23.2 Å². The molecule has 0 amide bonds. The number of phenolic OH excluding ortho intramolecular Hbond substituents is 1. The molecule has 5 heteroatoms. The standard InChI is InChI=1S/C20H18Cl2O3/c1-13(2)9-10-25-16-5-6-17(20(24)12-16)19(23)8-3-14-11-15(21)4-7-18(14)22/h3-9,11-12,24H,10H2,1-2H3/b8-3+. The van der Waals surface area contributed by atoms with Crippen molar-refractivity contribution in [1.29, 1.82) is 0 Å². The molecular weight excluding hydrogens is 359 g/mol. The van der Waals surface area contributed by atoms with Crippen LogP contribution < -0.4 is 4.74 Å². The monoisotopic (exact) mass is 376 g/mol. The maximum absolute atomic E-state index is 12.3. The van der Waals surface area contributed by atoms with Crippen molar-refractivity contribution in [2.45, 2.75) is 13.8 Å². The molecule has 2 aromatic carbocycles. The fraction of sp³-hybridized carbons (Fsp3) is 0.150. The van der Waals surface area contributed by atoms with Crippen molar-refractivity contribution in [3.8, 4) is 11.5 Å². The van der Waals surface area contributed by atoms with Crippen LogP contribution in [0.15, 0.2) is 54.1 Å². The van der Waals surface area contributed by atoms with Gasteiger partial charge in [-0.05, 0) is 68.0 Å². The third-order valence-electron chi connectivity index (χ3n) is 3.35. The summed E-state index contributed by atoms with van der Waals surface area (Å²) >= 11 is 12.0. The molecular formula is C20H18Cl2O3. The van der Waals surface area contributed by atoms with Crippen LogP contribution in [0.2, 0.25) is 10.0 Å². The predicted octanol–water partition coefficient (Wildman–Crippen LogP) is 5.94. The Bertz CT molecular complexity index is 835. The van der Waals surface area contributed by atoms with Crippen molar-refractivity contribution in [3.05, 3.63) is 75.3 Å². The molecule has 0 aliphatic heterocycles. The van der Waals surface area contributed by atoms with Crippen molar-refractivity contribution < 1.29 is 14.6 Å². The SMILES string of the molecule is CC(C)=CCOc1ccc(C(=O)/C=C/c2cc(Cl)ccc2Cl)c(O)c1. The molecule has 130 valence electrons. The first-order valence-corrected chi connectivity index (χ1v) is 8.39.